The number of hydrogen-bond donors (Lipinski definition) is 1. The molecular weight excluding hydrogens is 314 g/mol. The number of hydrogen-bond acceptors (Lipinski definition) is 3. The number of sulfonamides is 1. The van der Waals surface area contributed by atoms with E-state index in [0.29, 0.717) is 24.7 Å². The fourth-order valence-corrected chi connectivity index (χ4v) is 4.34. The van der Waals surface area contributed by atoms with Crippen LogP contribution in [0.15, 0.2) is 6.07 Å². The van der Waals surface area contributed by atoms with Gasteiger partial charge in [-0.25, -0.2) is 12.7 Å². The van der Waals surface area contributed by atoms with Crippen LogP contribution in [0.5, 0.6) is 0 Å². The second-order valence-corrected chi connectivity index (χ2v) is 8.66. The number of piperidine rings is 1. The summed E-state index contributed by atoms with van der Waals surface area (Å²) in [7, 11) is -3.20. The first kappa shape index (κ1) is 18.0. The van der Waals surface area contributed by atoms with Gasteiger partial charge in [0.2, 0.25) is 10.0 Å². The molecule has 1 N–H and O–H groups in total. The van der Waals surface area contributed by atoms with Gasteiger partial charge in [-0.05, 0) is 46.6 Å². The van der Waals surface area contributed by atoms with Gasteiger partial charge in [0.1, 0.15) is 0 Å². The van der Waals surface area contributed by atoms with Crippen LogP contribution in [0.25, 0.3) is 0 Å². The number of nitrogens with zero attached hydrogens (tertiary/aromatic N) is 2. The molecule has 1 aliphatic heterocycles. The summed E-state index contributed by atoms with van der Waals surface area (Å²) < 4.78 is 26.9. The minimum Gasteiger partial charge on any atom is -0.348 e. The molecule has 0 aromatic carbocycles. The zero-order valence-corrected chi connectivity index (χ0v) is 15.4. The average molecular weight is 341 g/mol. The van der Waals surface area contributed by atoms with Crippen LogP contribution in [0, 0.1) is 13.8 Å². The lowest BCUT2D eigenvalue weighted by Gasteiger charge is -2.31. The van der Waals surface area contributed by atoms with Crippen molar-refractivity contribution >= 4 is 15.9 Å². The number of amides is 1. The van der Waals surface area contributed by atoms with E-state index in [0.717, 1.165) is 24.2 Å². The Morgan fingerprint density at radius 2 is 2.00 bits per heavy atom. The van der Waals surface area contributed by atoms with E-state index >= 15 is 0 Å². The molecule has 2 rings (SSSR count). The van der Waals surface area contributed by atoms with Gasteiger partial charge in [0.25, 0.3) is 5.91 Å². The van der Waals surface area contributed by atoms with Crippen molar-refractivity contribution in [2.45, 2.75) is 52.6 Å². The Labute approximate surface area is 138 Å². The molecule has 1 amide bonds. The first-order valence-corrected chi connectivity index (χ1v) is 9.90. The third-order valence-electron chi connectivity index (χ3n) is 4.43. The zero-order chi connectivity index (χ0) is 17.4. The standard InChI is InChI=1S/C16H27N3O3S/c1-11(2)19-12(3)9-15(13(19)4)16(20)17-14-7-6-8-18(10-14)23(5,21)22/h9,11,14H,6-8,10H2,1-5H3,(H,17,20). The van der Waals surface area contributed by atoms with Crippen molar-refractivity contribution in [3.63, 3.8) is 0 Å². The number of aryl methyl sites for hydroxylation is 1. The summed E-state index contributed by atoms with van der Waals surface area (Å²) in [5, 5.41) is 3.00. The van der Waals surface area contributed by atoms with Crippen LogP contribution in [-0.4, -0.2) is 48.6 Å². The van der Waals surface area contributed by atoms with Gasteiger partial charge in [-0.2, -0.15) is 0 Å². The van der Waals surface area contributed by atoms with E-state index in [9.17, 15) is 13.2 Å². The molecule has 0 saturated carbocycles. The van der Waals surface area contributed by atoms with Crippen molar-refractivity contribution in [1.29, 1.82) is 0 Å². The van der Waals surface area contributed by atoms with Crippen molar-refractivity contribution in [2.75, 3.05) is 19.3 Å². The van der Waals surface area contributed by atoms with Gasteiger partial charge in [-0.1, -0.05) is 0 Å². The van der Waals surface area contributed by atoms with E-state index < -0.39 is 10.0 Å². The Kier molecular flexibility index (Phi) is 5.20. The summed E-state index contributed by atoms with van der Waals surface area (Å²) in [4.78, 5) is 12.6. The molecule has 2 heterocycles. The van der Waals surface area contributed by atoms with Gasteiger partial charge in [-0.3, -0.25) is 4.79 Å². The summed E-state index contributed by atoms with van der Waals surface area (Å²) in [5.74, 6) is -0.120. The van der Waals surface area contributed by atoms with Crippen molar-refractivity contribution in [3.8, 4) is 0 Å². The summed E-state index contributed by atoms with van der Waals surface area (Å²) >= 11 is 0. The van der Waals surface area contributed by atoms with E-state index in [-0.39, 0.29) is 11.9 Å². The molecule has 1 saturated heterocycles. The molecule has 1 fully saturated rings. The number of rotatable bonds is 4. The van der Waals surface area contributed by atoms with Gasteiger partial charge < -0.3 is 9.88 Å². The Bertz CT molecular complexity index is 692. The fraction of sp³-hybridized carbons (Fsp3) is 0.688. The van der Waals surface area contributed by atoms with E-state index in [1.165, 1.54) is 10.6 Å². The van der Waals surface area contributed by atoms with Crippen LogP contribution in [0.4, 0.5) is 0 Å². The predicted octanol–water partition coefficient (Wildman–Crippen LogP) is 1.84. The number of carbonyl (C=O) groups is 1. The molecular formula is C16H27N3O3S. The monoisotopic (exact) mass is 341 g/mol. The predicted molar refractivity (Wildman–Crippen MR) is 91.2 cm³/mol. The van der Waals surface area contributed by atoms with Gasteiger partial charge >= 0.3 is 0 Å². The highest BCUT2D eigenvalue weighted by molar-refractivity contribution is 7.88. The van der Waals surface area contributed by atoms with Crippen LogP contribution in [-0.2, 0) is 10.0 Å². The van der Waals surface area contributed by atoms with Gasteiger partial charge in [0.05, 0.1) is 11.8 Å². The molecule has 6 nitrogen and oxygen atoms in total. The lowest BCUT2D eigenvalue weighted by Crippen LogP contribution is -2.49. The molecule has 7 heteroatoms. The lowest BCUT2D eigenvalue weighted by molar-refractivity contribution is 0.0920. The molecule has 0 radical (unpaired) electrons. The maximum absolute atomic E-state index is 12.6. The Balaban J connectivity index is 2.12. The number of aromatic nitrogens is 1. The van der Waals surface area contributed by atoms with Crippen molar-refractivity contribution in [1.82, 2.24) is 14.2 Å². The summed E-state index contributed by atoms with van der Waals surface area (Å²) in [6.07, 6.45) is 2.79. The van der Waals surface area contributed by atoms with Crippen molar-refractivity contribution < 1.29 is 13.2 Å². The number of nitrogens with one attached hydrogen (secondary N) is 1. The Hall–Kier alpha value is -1.34. The van der Waals surface area contributed by atoms with Crippen molar-refractivity contribution in [3.05, 3.63) is 23.0 Å². The molecule has 0 aliphatic carbocycles. The van der Waals surface area contributed by atoms with E-state index in [2.05, 4.69) is 23.7 Å². The second kappa shape index (κ2) is 6.65. The first-order valence-electron chi connectivity index (χ1n) is 8.05. The minimum absolute atomic E-state index is 0.120. The summed E-state index contributed by atoms with van der Waals surface area (Å²) in [5.41, 5.74) is 2.68. The first-order chi connectivity index (χ1) is 10.6. The smallest absolute Gasteiger partial charge is 0.253 e. The highest BCUT2D eigenvalue weighted by Gasteiger charge is 2.28. The van der Waals surface area contributed by atoms with Crippen LogP contribution < -0.4 is 5.32 Å². The topological polar surface area (TPSA) is 71.4 Å². The zero-order valence-electron chi connectivity index (χ0n) is 14.6. The van der Waals surface area contributed by atoms with Crippen molar-refractivity contribution in [2.24, 2.45) is 0 Å². The van der Waals surface area contributed by atoms with Gasteiger partial charge in [0.15, 0.2) is 0 Å². The summed E-state index contributed by atoms with van der Waals surface area (Å²) in [6.45, 7) is 9.02. The SMILES string of the molecule is Cc1cc(C(=O)NC2CCCN(S(C)(=O)=O)C2)c(C)n1C(C)C. The highest BCUT2D eigenvalue weighted by Crippen LogP contribution is 2.21. The van der Waals surface area contributed by atoms with E-state index in [1.807, 2.05) is 19.9 Å². The maximum Gasteiger partial charge on any atom is 0.253 e. The fourth-order valence-electron chi connectivity index (χ4n) is 3.43. The van der Waals surface area contributed by atoms with Crippen LogP contribution in [0.1, 0.15) is 54.5 Å². The molecule has 1 aliphatic rings. The van der Waals surface area contributed by atoms with Crippen LogP contribution in [0.3, 0.4) is 0 Å². The van der Waals surface area contributed by atoms with Crippen LogP contribution >= 0.6 is 0 Å². The molecule has 1 aromatic heterocycles. The van der Waals surface area contributed by atoms with E-state index in [4.69, 9.17) is 0 Å². The third-order valence-corrected chi connectivity index (χ3v) is 5.70. The maximum atomic E-state index is 12.6. The van der Waals surface area contributed by atoms with E-state index in [1.54, 1.807) is 0 Å². The molecule has 1 aromatic rings. The third kappa shape index (κ3) is 3.95. The quantitative estimate of drug-likeness (QED) is 0.908. The minimum atomic E-state index is -3.20. The Morgan fingerprint density at radius 3 is 2.52 bits per heavy atom. The molecule has 23 heavy (non-hydrogen) atoms. The van der Waals surface area contributed by atoms with Gasteiger partial charge in [0, 0.05) is 36.6 Å². The largest absolute Gasteiger partial charge is 0.348 e. The second-order valence-electron chi connectivity index (χ2n) is 6.68. The normalized spacial score (nSPS) is 20.0. The molecule has 0 bridgehead atoms. The lowest BCUT2D eigenvalue weighted by atomic mass is 10.1. The Morgan fingerprint density at radius 1 is 1.35 bits per heavy atom. The molecule has 0 spiro atoms. The molecule has 130 valence electrons. The van der Waals surface area contributed by atoms with Gasteiger partial charge in [-0.15, -0.1) is 0 Å². The number of carbonyl (C=O) groups excluding carboxylic acids is 1. The highest BCUT2D eigenvalue weighted by atomic mass is 32.2. The molecule has 1 atom stereocenters. The van der Waals surface area contributed by atoms with Crippen LogP contribution in [0.2, 0.25) is 0 Å². The summed E-state index contributed by atoms with van der Waals surface area (Å²) in [6, 6.07) is 2.07. The average Bonchev–Trinajstić information content (AvgIpc) is 2.73. The molecule has 1 unspecified atom stereocenters.